The van der Waals surface area contributed by atoms with Crippen LogP contribution in [-0.2, 0) is 19.6 Å². The normalized spacial score (nSPS) is 11.3. The molecule has 1 N–H and O–H groups in total. The van der Waals surface area contributed by atoms with Crippen molar-refractivity contribution in [1.29, 1.82) is 0 Å². The van der Waals surface area contributed by atoms with E-state index in [1.165, 1.54) is 16.4 Å². The SMILES string of the molecule is CCN(CC)S(=O)(=O)c1cc(NC(=O)COC(=O)c2ccc([N+](=O)[O-])o2)ccc1C. The van der Waals surface area contributed by atoms with Crippen molar-refractivity contribution in [1.82, 2.24) is 4.31 Å². The molecule has 12 heteroatoms. The van der Waals surface area contributed by atoms with Crippen molar-refractivity contribution in [2.45, 2.75) is 25.7 Å². The Kier molecular flexibility index (Phi) is 7.29. The van der Waals surface area contributed by atoms with Gasteiger partial charge in [-0.15, -0.1) is 0 Å². The molecule has 1 aromatic heterocycles. The van der Waals surface area contributed by atoms with Crippen molar-refractivity contribution >= 4 is 33.5 Å². The van der Waals surface area contributed by atoms with Gasteiger partial charge in [-0.2, -0.15) is 4.31 Å². The maximum absolute atomic E-state index is 12.8. The van der Waals surface area contributed by atoms with E-state index < -0.39 is 45.1 Å². The summed E-state index contributed by atoms with van der Waals surface area (Å²) in [6.45, 7) is 5.01. The third-order valence-corrected chi connectivity index (χ3v) is 6.29. The minimum absolute atomic E-state index is 0.0592. The van der Waals surface area contributed by atoms with Crippen molar-refractivity contribution in [3.05, 3.63) is 51.8 Å². The summed E-state index contributed by atoms with van der Waals surface area (Å²) in [5, 5.41) is 13.0. The number of sulfonamides is 1. The minimum Gasteiger partial charge on any atom is -0.450 e. The fourth-order valence-corrected chi connectivity index (χ4v) is 4.30. The molecule has 0 aliphatic rings. The average Bonchev–Trinajstić information content (AvgIpc) is 3.19. The van der Waals surface area contributed by atoms with E-state index in [0.29, 0.717) is 18.7 Å². The molecular formula is C18H21N3O8S. The van der Waals surface area contributed by atoms with Crippen LogP contribution in [0.4, 0.5) is 11.6 Å². The van der Waals surface area contributed by atoms with Crippen molar-refractivity contribution < 1.29 is 32.1 Å². The van der Waals surface area contributed by atoms with E-state index in [-0.39, 0.29) is 10.6 Å². The number of nitrogens with one attached hydrogen (secondary N) is 1. The summed E-state index contributed by atoms with van der Waals surface area (Å²) < 4.78 is 36.3. The van der Waals surface area contributed by atoms with E-state index in [2.05, 4.69) is 5.32 Å². The second-order valence-electron chi connectivity index (χ2n) is 6.09. The lowest BCUT2D eigenvalue weighted by Gasteiger charge is -2.20. The van der Waals surface area contributed by atoms with Gasteiger partial charge in [-0.1, -0.05) is 19.9 Å². The summed E-state index contributed by atoms with van der Waals surface area (Å²) in [6, 6.07) is 6.45. The first-order valence-electron chi connectivity index (χ1n) is 8.92. The van der Waals surface area contributed by atoms with Crippen LogP contribution in [0.15, 0.2) is 39.6 Å². The van der Waals surface area contributed by atoms with Crippen molar-refractivity contribution in [3.8, 4) is 0 Å². The highest BCUT2D eigenvalue weighted by atomic mass is 32.2. The van der Waals surface area contributed by atoms with E-state index in [1.54, 1.807) is 26.8 Å². The van der Waals surface area contributed by atoms with Gasteiger partial charge in [-0.3, -0.25) is 14.9 Å². The number of hydrogen-bond donors (Lipinski definition) is 1. The lowest BCUT2D eigenvalue weighted by atomic mass is 10.2. The number of ether oxygens (including phenoxy) is 1. The van der Waals surface area contributed by atoms with Crippen molar-refractivity contribution in [2.75, 3.05) is 25.0 Å². The summed E-state index contributed by atoms with van der Waals surface area (Å²) in [7, 11) is -3.73. The first-order valence-corrected chi connectivity index (χ1v) is 10.4. The van der Waals surface area contributed by atoms with Gasteiger partial charge in [0.15, 0.2) is 6.61 Å². The van der Waals surface area contributed by atoms with E-state index in [9.17, 15) is 28.1 Å². The molecule has 1 amide bonds. The lowest BCUT2D eigenvalue weighted by Crippen LogP contribution is -2.31. The van der Waals surface area contributed by atoms with Gasteiger partial charge in [0.05, 0.1) is 11.0 Å². The zero-order valence-electron chi connectivity index (χ0n) is 16.6. The Balaban J connectivity index is 2.06. The van der Waals surface area contributed by atoms with Gasteiger partial charge in [0.1, 0.15) is 4.92 Å². The zero-order valence-corrected chi connectivity index (χ0v) is 17.4. The monoisotopic (exact) mass is 439 g/mol. The summed E-state index contributed by atoms with van der Waals surface area (Å²) in [5.74, 6) is -2.82. The topological polar surface area (TPSA) is 149 Å². The second-order valence-corrected chi connectivity index (χ2v) is 8.00. The van der Waals surface area contributed by atoms with Gasteiger partial charge < -0.3 is 14.5 Å². The lowest BCUT2D eigenvalue weighted by molar-refractivity contribution is -0.402. The van der Waals surface area contributed by atoms with E-state index in [4.69, 9.17) is 9.15 Å². The number of esters is 1. The average molecular weight is 439 g/mol. The molecule has 2 rings (SSSR count). The Morgan fingerprint density at radius 2 is 1.87 bits per heavy atom. The number of carbonyl (C=O) groups is 2. The predicted molar refractivity (Wildman–Crippen MR) is 106 cm³/mol. The molecule has 0 radical (unpaired) electrons. The van der Waals surface area contributed by atoms with Crippen LogP contribution in [0.5, 0.6) is 0 Å². The molecule has 30 heavy (non-hydrogen) atoms. The number of rotatable bonds is 9. The molecule has 1 heterocycles. The molecule has 0 atom stereocenters. The van der Waals surface area contributed by atoms with Crippen LogP contribution in [0.3, 0.4) is 0 Å². The fourth-order valence-electron chi connectivity index (χ4n) is 2.59. The van der Waals surface area contributed by atoms with E-state index in [0.717, 1.165) is 12.1 Å². The van der Waals surface area contributed by atoms with Crippen LogP contribution in [0.2, 0.25) is 0 Å². The van der Waals surface area contributed by atoms with E-state index in [1.807, 2.05) is 0 Å². The Morgan fingerprint density at radius 3 is 2.43 bits per heavy atom. The number of amides is 1. The Hall–Kier alpha value is -3.25. The van der Waals surface area contributed by atoms with Crippen molar-refractivity contribution in [2.24, 2.45) is 0 Å². The Labute approximate surface area is 172 Å². The number of nitro groups is 1. The molecule has 0 aliphatic heterocycles. The highest BCUT2D eigenvalue weighted by molar-refractivity contribution is 7.89. The Morgan fingerprint density at radius 1 is 1.20 bits per heavy atom. The molecule has 162 valence electrons. The highest BCUT2D eigenvalue weighted by Crippen LogP contribution is 2.23. The summed E-state index contributed by atoms with van der Waals surface area (Å²) >= 11 is 0. The maximum Gasteiger partial charge on any atom is 0.433 e. The summed E-state index contributed by atoms with van der Waals surface area (Å²) in [6.07, 6.45) is 0. The molecule has 0 fully saturated rings. The van der Waals surface area contributed by atoms with Crippen molar-refractivity contribution in [3.63, 3.8) is 0 Å². The van der Waals surface area contributed by atoms with Crippen LogP contribution in [-0.4, -0.2) is 49.2 Å². The molecular weight excluding hydrogens is 418 g/mol. The molecule has 11 nitrogen and oxygen atoms in total. The fraction of sp³-hybridized carbons (Fsp3) is 0.333. The quantitative estimate of drug-likeness (QED) is 0.355. The van der Waals surface area contributed by atoms with Crippen LogP contribution in [0, 0.1) is 17.0 Å². The molecule has 0 unspecified atom stereocenters. The summed E-state index contributed by atoms with van der Waals surface area (Å²) in [4.78, 5) is 33.7. The number of furan rings is 1. The molecule has 0 bridgehead atoms. The smallest absolute Gasteiger partial charge is 0.433 e. The standard InChI is InChI=1S/C18H21N3O8S/c1-4-20(5-2)30(26,27)15-10-13(7-6-12(15)3)19-16(22)11-28-18(23)14-8-9-17(29-14)21(24)25/h6-10H,4-5,11H2,1-3H3,(H,19,22). The molecule has 2 aromatic rings. The number of nitrogens with zero attached hydrogens (tertiary/aromatic N) is 2. The molecule has 0 saturated carbocycles. The summed E-state index contributed by atoms with van der Waals surface area (Å²) in [5.41, 5.74) is 0.728. The van der Waals surface area contributed by atoms with Crippen LogP contribution in [0.25, 0.3) is 0 Å². The third kappa shape index (κ3) is 5.21. The van der Waals surface area contributed by atoms with E-state index >= 15 is 0 Å². The van der Waals surface area contributed by atoms with Gasteiger partial charge in [-0.25, -0.2) is 13.2 Å². The van der Waals surface area contributed by atoms with Gasteiger partial charge >= 0.3 is 11.9 Å². The molecule has 0 aliphatic carbocycles. The Bertz CT molecular complexity index is 1060. The molecule has 1 aromatic carbocycles. The third-order valence-electron chi connectivity index (χ3n) is 4.10. The van der Waals surface area contributed by atoms with Crippen LogP contribution < -0.4 is 5.32 Å². The van der Waals surface area contributed by atoms with Gasteiger partial charge in [0, 0.05) is 18.8 Å². The molecule has 0 spiro atoms. The van der Waals surface area contributed by atoms with Gasteiger partial charge in [0.25, 0.3) is 5.91 Å². The highest BCUT2D eigenvalue weighted by Gasteiger charge is 2.24. The first kappa shape index (κ1) is 23.0. The van der Waals surface area contributed by atoms with Crippen LogP contribution in [0.1, 0.15) is 30.0 Å². The van der Waals surface area contributed by atoms with Crippen LogP contribution >= 0.6 is 0 Å². The number of anilines is 1. The number of aryl methyl sites for hydroxylation is 1. The number of benzene rings is 1. The zero-order chi connectivity index (χ0) is 22.5. The first-order chi connectivity index (χ1) is 14.1. The minimum atomic E-state index is -3.73. The second kappa shape index (κ2) is 9.50. The van der Waals surface area contributed by atoms with Gasteiger partial charge in [0.2, 0.25) is 15.8 Å². The van der Waals surface area contributed by atoms with Gasteiger partial charge in [-0.05, 0) is 30.7 Å². The molecule has 0 saturated heterocycles. The predicted octanol–water partition coefficient (Wildman–Crippen LogP) is 2.32. The maximum atomic E-state index is 12.8. The largest absolute Gasteiger partial charge is 0.450 e. The number of hydrogen-bond acceptors (Lipinski definition) is 8. The number of carbonyl (C=O) groups excluding carboxylic acids is 2.